The summed E-state index contributed by atoms with van der Waals surface area (Å²) in [6.07, 6.45) is 0. The smallest absolute Gasteiger partial charge is 0.233 e. The van der Waals surface area contributed by atoms with Gasteiger partial charge in [0, 0.05) is 45.3 Å². The number of benzene rings is 1. The Hall–Kier alpha value is -2.19. The summed E-state index contributed by atoms with van der Waals surface area (Å²) in [4.78, 5) is 27.8. The van der Waals surface area contributed by atoms with Crippen molar-refractivity contribution < 1.29 is 9.53 Å². The number of carbonyl (C=O) groups excluding carboxylic acids is 1. The van der Waals surface area contributed by atoms with Crippen LogP contribution in [0.25, 0.3) is 0 Å². The molecule has 0 atom stereocenters. The molecular formula is C21H28ClN5O2S. The van der Waals surface area contributed by atoms with E-state index in [9.17, 15) is 4.79 Å². The van der Waals surface area contributed by atoms with Crippen molar-refractivity contribution in [2.24, 2.45) is 0 Å². The van der Waals surface area contributed by atoms with Crippen LogP contribution in [0.1, 0.15) is 13.8 Å². The third-order valence-electron chi connectivity index (χ3n) is 5.13. The average molecular weight is 450 g/mol. The maximum Gasteiger partial charge on any atom is 0.233 e. The van der Waals surface area contributed by atoms with E-state index in [1.165, 1.54) is 11.8 Å². The molecule has 1 aromatic heterocycles. The first-order chi connectivity index (χ1) is 14.5. The van der Waals surface area contributed by atoms with Gasteiger partial charge in [-0.15, -0.1) is 0 Å². The van der Waals surface area contributed by atoms with Crippen molar-refractivity contribution in [3.63, 3.8) is 0 Å². The lowest BCUT2D eigenvalue weighted by atomic mass is 10.2. The summed E-state index contributed by atoms with van der Waals surface area (Å²) in [6.45, 7) is 8.72. The van der Waals surface area contributed by atoms with Gasteiger partial charge in [0.15, 0.2) is 5.16 Å². The van der Waals surface area contributed by atoms with E-state index in [-0.39, 0.29) is 5.91 Å². The Balaban J connectivity index is 1.55. The van der Waals surface area contributed by atoms with Crippen LogP contribution >= 0.6 is 23.4 Å². The van der Waals surface area contributed by atoms with Crippen molar-refractivity contribution in [2.45, 2.75) is 19.0 Å². The Morgan fingerprint density at radius 3 is 2.53 bits per heavy atom. The predicted molar refractivity (Wildman–Crippen MR) is 123 cm³/mol. The minimum absolute atomic E-state index is 0.0904. The van der Waals surface area contributed by atoms with Crippen LogP contribution in [0.5, 0.6) is 5.75 Å². The molecular weight excluding hydrogens is 422 g/mol. The van der Waals surface area contributed by atoms with E-state index in [1.807, 2.05) is 23.1 Å². The first-order valence-electron chi connectivity index (χ1n) is 10.1. The predicted octanol–water partition coefficient (Wildman–Crippen LogP) is 3.43. The number of para-hydroxylation sites is 2. The number of anilines is 2. The monoisotopic (exact) mass is 449 g/mol. The molecule has 1 aromatic carbocycles. The van der Waals surface area contributed by atoms with Crippen LogP contribution in [0.15, 0.2) is 35.5 Å². The van der Waals surface area contributed by atoms with Crippen LogP contribution in [0.3, 0.4) is 0 Å². The number of amides is 1. The van der Waals surface area contributed by atoms with E-state index >= 15 is 0 Å². The summed E-state index contributed by atoms with van der Waals surface area (Å²) < 4.78 is 5.46. The van der Waals surface area contributed by atoms with Gasteiger partial charge in [-0.05, 0) is 26.0 Å². The van der Waals surface area contributed by atoms with Gasteiger partial charge in [0.25, 0.3) is 0 Å². The highest BCUT2D eigenvalue weighted by Crippen LogP contribution is 2.28. The number of carbonyl (C=O) groups is 1. The number of thioether (sulfide) groups is 1. The Kier molecular flexibility index (Phi) is 8.04. The third-order valence-corrected chi connectivity index (χ3v) is 6.16. The molecule has 1 saturated heterocycles. The standard InChI is InChI=1S/C21H28ClN5O2S/c1-4-25(5-2)19-14-18(22)23-21(24-19)30-15-20(28)27-12-10-26(11-13-27)16-8-6-7-9-17(16)29-3/h6-9,14H,4-5,10-13,15H2,1-3H3. The van der Waals surface area contributed by atoms with E-state index in [0.717, 1.165) is 43.4 Å². The van der Waals surface area contributed by atoms with Crippen LogP contribution in [0.4, 0.5) is 11.5 Å². The number of piperazine rings is 1. The van der Waals surface area contributed by atoms with E-state index in [1.54, 1.807) is 13.2 Å². The molecule has 0 saturated carbocycles. The zero-order valence-electron chi connectivity index (χ0n) is 17.7. The molecule has 0 radical (unpaired) electrons. The summed E-state index contributed by atoms with van der Waals surface area (Å²) in [5.74, 6) is 2.04. The molecule has 162 valence electrons. The quantitative estimate of drug-likeness (QED) is 0.347. The normalized spacial score (nSPS) is 14.0. The second kappa shape index (κ2) is 10.7. The molecule has 3 rings (SSSR count). The van der Waals surface area contributed by atoms with Crippen LogP contribution < -0.4 is 14.5 Å². The van der Waals surface area contributed by atoms with Gasteiger partial charge in [0.05, 0.1) is 18.6 Å². The molecule has 0 spiro atoms. The molecule has 1 amide bonds. The van der Waals surface area contributed by atoms with Crippen molar-refractivity contribution in [1.82, 2.24) is 14.9 Å². The van der Waals surface area contributed by atoms with Crippen LogP contribution in [-0.4, -0.2) is 72.9 Å². The molecule has 0 N–H and O–H groups in total. The van der Waals surface area contributed by atoms with Crippen molar-refractivity contribution in [3.05, 3.63) is 35.5 Å². The summed E-state index contributed by atoms with van der Waals surface area (Å²) in [5, 5.41) is 0.928. The number of aromatic nitrogens is 2. The van der Waals surface area contributed by atoms with Crippen LogP contribution in [0.2, 0.25) is 5.15 Å². The maximum atomic E-state index is 12.7. The van der Waals surface area contributed by atoms with Crippen LogP contribution in [0, 0.1) is 0 Å². The molecule has 9 heteroatoms. The zero-order valence-corrected chi connectivity index (χ0v) is 19.2. The molecule has 1 aliphatic heterocycles. The second-order valence-corrected chi connectivity index (χ2v) is 8.16. The summed E-state index contributed by atoms with van der Waals surface area (Å²) in [5.41, 5.74) is 1.07. The lowest BCUT2D eigenvalue weighted by Crippen LogP contribution is -2.49. The molecule has 1 aliphatic rings. The van der Waals surface area contributed by atoms with Gasteiger partial charge in [-0.2, -0.15) is 0 Å². The highest BCUT2D eigenvalue weighted by atomic mass is 35.5. The molecule has 2 heterocycles. The van der Waals surface area contributed by atoms with E-state index in [0.29, 0.717) is 29.2 Å². The SMILES string of the molecule is CCN(CC)c1cc(Cl)nc(SCC(=O)N2CCN(c3ccccc3OC)CC2)n1. The summed E-state index contributed by atoms with van der Waals surface area (Å²) in [7, 11) is 1.68. The summed E-state index contributed by atoms with van der Waals surface area (Å²) in [6, 6.07) is 9.74. The van der Waals surface area contributed by atoms with E-state index in [4.69, 9.17) is 16.3 Å². The molecule has 1 fully saturated rings. The van der Waals surface area contributed by atoms with Gasteiger partial charge < -0.3 is 19.4 Å². The summed E-state index contributed by atoms with van der Waals surface area (Å²) >= 11 is 7.50. The van der Waals surface area contributed by atoms with Crippen molar-refractivity contribution in [1.29, 1.82) is 0 Å². The number of methoxy groups -OCH3 is 1. The van der Waals surface area contributed by atoms with E-state index < -0.39 is 0 Å². The fraction of sp³-hybridized carbons (Fsp3) is 0.476. The molecule has 0 bridgehead atoms. The van der Waals surface area contributed by atoms with Gasteiger partial charge in [-0.3, -0.25) is 4.79 Å². The Morgan fingerprint density at radius 1 is 1.17 bits per heavy atom. The lowest BCUT2D eigenvalue weighted by Gasteiger charge is -2.36. The number of hydrogen-bond donors (Lipinski definition) is 0. The first kappa shape index (κ1) is 22.5. The Labute approximate surface area is 187 Å². The fourth-order valence-corrected chi connectivity index (χ4v) is 4.45. The highest BCUT2D eigenvalue weighted by Gasteiger charge is 2.23. The molecule has 0 aliphatic carbocycles. The third kappa shape index (κ3) is 5.49. The maximum absolute atomic E-state index is 12.7. The highest BCUT2D eigenvalue weighted by molar-refractivity contribution is 7.99. The van der Waals surface area contributed by atoms with Gasteiger partial charge in [-0.1, -0.05) is 35.5 Å². The first-order valence-corrected chi connectivity index (χ1v) is 11.5. The van der Waals surface area contributed by atoms with Crippen molar-refractivity contribution in [2.75, 3.05) is 61.9 Å². The van der Waals surface area contributed by atoms with Crippen molar-refractivity contribution >= 4 is 40.8 Å². The number of nitrogens with zero attached hydrogens (tertiary/aromatic N) is 5. The number of hydrogen-bond acceptors (Lipinski definition) is 7. The Morgan fingerprint density at radius 2 is 1.87 bits per heavy atom. The number of halogens is 1. The topological polar surface area (TPSA) is 61.8 Å². The second-order valence-electron chi connectivity index (χ2n) is 6.83. The largest absolute Gasteiger partial charge is 0.495 e. The van der Waals surface area contributed by atoms with Gasteiger partial charge in [0.1, 0.15) is 16.7 Å². The molecule has 7 nitrogen and oxygen atoms in total. The fourth-order valence-electron chi connectivity index (χ4n) is 3.46. The van der Waals surface area contributed by atoms with Crippen molar-refractivity contribution in [3.8, 4) is 5.75 Å². The van der Waals surface area contributed by atoms with Crippen LogP contribution in [-0.2, 0) is 4.79 Å². The Bertz CT molecular complexity index is 857. The molecule has 30 heavy (non-hydrogen) atoms. The molecule has 2 aromatic rings. The molecule has 0 unspecified atom stereocenters. The average Bonchev–Trinajstić information content (AvgIpc) is 2.78. The number of rotatable bonds is 8. The number of ether oxygens (including phenoxy) is 1. The van der Waals surface area contributed by atoms with Gasteiger partial charge >= 0.3 is 0 Å². The van der Waals surface area contributed by atoms with E-state index in [2.05, 4.69) is 39.7 Å². The minimum atomic E-state index is 0.0904. The zero-order chi connectivity index (χ0) is 21.5. The minimum Gasteiger partial charge on any atom is -0.495 e. The van der Waals surface area contributed by atoms with Gasteiger partial charge in [-0.25, -0.2) is 9.97 Å². The van der Waals surface area contributed by atoms with Gasteiger partial charge in [0.2, 0.25) is 5.91 Å². The lowest BCUT2D eigenvalue weighted by molar-refractivity contribution is -0.128.